The van der Waals surface area contributed by atoms with Crippen LogP contribution in [0.25, 0.3) is 0 Å². The fourth-order valence-corrected chi connectivity index (χ4v) is 3.64. The van der Waals surface area contributed by atoms with Crippen molar-refractivity contribution >= 4 is 11.6 Å². The number of rotatable bonds is 6. The number of aromatic nitrogens is 1. The summed E-state index contributed by atoms with van der Waals surface area (Å²) in [5.74, 6) is 0.782. The summed E-state index contributed by atoms with van der Waals surface area (Å²) in [6.45, 7) is 6.63. The normalized spacial score (nSPS) is 18.1. The third-order valence-electron chi connectivity index (χ3n) is 4.18. The average Bonchev–Trinajstić information content (AvgIpc) is 2.79. The molecular weight excluding hydrogens is 256 g/mol. The molecule has 0 atom stereocenters. The predicted molar refractivity (Wildman–Crippen MR) is 81.3 cm³/mol. The zero-order valence-electron chi connectivity index (χ0n) is 12.1. The molecule has 3 heteroatoms. The quantitative estimate of drug-likeness (QED) is 0.834. The number of nitrogens with zero attached hydrogens (tertiary/aromatic N) is 1. The smallest absolute Gasteiger partial charge is 0.0634 e. The van der Waals surface area contributed by atoms with Crippen LogP contribution >= 0.6 is 11.6 Å². The second-order valence-corrected chi connectivity index (χ2v) is 6.78. The molecule has 0 spiro atoms. The van der Waals surface area contributed by atoms with Gasteiger partial charge in [0.1, 0.15) is 0 Å². The van der Waals surface area contributed by atoms with Gasteiger partial charge >= 0.3 is 0 Å². The molecule has 19 heavy (non-hydrogen) atoms. The van der Waals surface area contributed by atoms with Gasteiger partial charge in [0.15, 0.2) is 0 Å². The van der Waals surface area contributed by atoms with Gasteiger partial charge in [-0.25, -0.2) is 0 Å². The van der Waals surface area contributed by atoms with E-state index in [2.05, 4.69) is 24.1 Å². The minimum absolute atomic E-state index is 0.522. The van der Waals surface area contributed by atoms with Gasteiger partial charge in [-0.05, 0) is 42.2 Å². The Labute approximate surface area is 122 Å². The van der Waals surface area contributed by atoms with E-state index in [4.69, 9.17) is 11.6 Å². The van der Waals surface area contributed by atoms with Crippen LogP contribution in [-0.2, 0) is 6.54 Å². The lowest BCUT2D eigenvalue weighted by molar-refractivity contribution is 0.223. The Morgan fingerprint density at radius 1 is 1.37 bits per heavy atom. The summed E-state index contributed by atoms with van der Waals surface area (Å²) < 4.78 is 0. The van der Waals surface area contributed by atoms with Crippen LogP contribution in [0, 0.1) is 11.3 Å². The van der Waals surface area contributed by atoms with Gasteiger partial charge in [0.05, 0.1) is 5.02 Å². The van der Waals surface area contributed by atoms with Crippen molar-refractivity contribution < 1.29 is 0 Å². The van der Waals surface area contributed by atoms with E-state index in [-0.39, 0.29) is 0 Å². The summed E-state index contributed by atoms with van der Waals surface area (Å²) in [4.78, 5) is 4.02. The topological polar surface area (TPSA) is 24.9 Å². The van der Waals surface area contributed by atoms with Gasteiger partial charge < -0.3 is 5.32 Å². The highest BCUT2D eigenvalue weighted by Gasteiger charge is 2.33. The molecule has 1 aromatic heterocycles. The standard InChI is InChI=1S/C16H25ClN2/c1-13(2)9-16(6-3-4-7-16)12-19-10-14-5-8-18-11-15(14)17/h5,8,11,13,19H,3-4,6-7,9-10,12H2,1-2H3. The first-order valence-electron chi connectivity index (χ1n) is 7.40. The molecule has 2 nitrogen and oxygen atoms in total. The summed E-state index contributed by atoms with van der Waals surface area (Å²) >= 11 is 6.14. The number of hydrogen-bond acceptors (Lipinski definition) is 2. The largest absolute Gasteiger partial charge is 0.312 e. The number of nitrogens with one attached hydrogen (secondary N) is 1. The molecule has 106 valence electrons. The maximum absolute atomic E-state index is 6.14. The Balaban J connectivity index is 1.88. The first-order valence-corrected chi connectivity index (χ1v) is 7.78. The highest BCUT2D eigenvalue weighted by molar-refractivity contribution is 6.31. The number of hydrogen-bond donors (Lipinski definition) is 1. The SMILES string of the molecule is CC(C)CC1(CNCc2ccncc2Cl)CCCC1. The first-order chi connectivity index (χ1) is 9.11. The number of pyridine rings is 1. The van der Waals surface area contributed by atoms with Crippen molar-refractivity contribution in [3.8, 4) is 0 Å². The van der Waals surface area contributed by atoms with Crippen molar-refractivity contribution in [3.63, 3.8) is 0 Å². The molecule has 0 amide bonds. The van der Waals surface area contributed by atoms with Crippen molar-refractivity contribution in [2.45, 2.75) is 52.5 Å². The summed E-state index contributed by atoms with van der Waals surface area (Å²) in [6.07, 6.45) is 10.4. The van der Waals surface area contributed by atoms with Crippen molar-refractivity contribution in [2.75, 3.05) is 6.54 Å². The van der Waals surface area contributed by atoms with Crippen LogP contribution in [0.3, 0.4) is 0 Å². The fraction of sp³-hybridized carbons (Fsp3) is 0.688. The van der Waals surface area contributed by atoms with E-state index in [9.17, 15) is 0 Å². The second kappa shape index (κ2) is 6.71. The van der Waals surface area contributed by atoms with E-state index in [1.807, 2.05) is 12.3 Å². The van der Waals surface area contributed by atoms with Gasteiger partial charge in [-0.15, -0.1) is 0 Å². The van der Waals surface area contributed by atoms with Gasteiger partial charge in [-0.3, -0.25) is 4.98 Å². The van der Waals surface area contributed by atoms with Crippen LogP contribution in [0.4, 0.5) is 0 Å². The van der Waals surface area contributed by atoms with Gasteiger partial charge in [0.25, 0.3) is 0 Å². The van der Waals surface area contributed by atoms with Crippen molar-refractivity contribution in [1.82, 2.24) is 10.3 Å². The minimum atomic E-state index is 0.522. The molecular formula is C16H25ClN2. The zero-order chi connectivity index (χ0) is 13.7. The van der Waals surface area contributed by atoms with Crippen molar-refractivity contribution in [2.24, 2.45) is 11.3 Å². The van der Waals surface area contributed by atoms with Crippen LogP contribution in [0.2, 0.25) is 5.02 Å². The average molecular weight is 281 g/mol. The maximum Gasteiger partial charge on any atom is 0.0634 e. The molecule has 1 saturated carbocycles. The van der Waals surface area contributed by atoms with E-state index in [1.54, 1.807) is 6.20 Å². The van der Waals surface area contributed by atoms with Gasteiger partial charge in [-0.2, -0.15) is 0 Å². The van der Waals surface area contributed by atoms with E-state index >= 15 is 0 Å². The van der Waals surface area contributed by atoms with Gasteiger partial charge in [0.2, 0.25) is 0 Å². The zero-order valence-corrected chi connectivity index (χ0v) is 12.8. The van der Waals surface area contributed by atoms with Crippen molar-refractivity contribution in [1.29, 1.82) is 0 Å². The van der Waals surface area contributed by atoms with Crippen molar-refractivity contribution in [3.05, 3.63) is 29.0 Å². The van der Waals surface area contributed by atoms with Gasteiger partial charge in [-0.1, -0.05) is 38.3 Å². The molecule has 1 fully saturated rings. The Hall–Kier alpha value is -0.600. The third kappa shape index (κ3) is 4.19. The molecule has 1 heterocycles. The molecule has 0 saturated heterocycles. The maximum atomic E-state index is 6.14. The van der Waals surface area contributed by atoms with Gasteiger partial charge in [0, 0.05) is 25.5 Å². The third-order valence-corrected chi connectivity index (χ3v) is 4.52. The minimum Gasteiger partial charge on any atom is -0.312 e. The van der Waals surface area contributed by atoms with E-state index < -0.39 is 0 Å². The molecule has 0 unspecified atom stereocenters. The fourth-order valence-electron chi connectivity index (χ4n) is 3.45. The summed E-state index contributed by atoms with van der Waals surface area (Å²) in [5.41, 5.74) is 1.67. The Bertz CT molecular complexity index is 397. The van der Waals surface area contributed by atoms with Crippen LogP contribution in [-0.4, -0.2) is 11.5 Å². The molecule has 1 aliphatic carbocycles. The highest BCUT2D eigenvalue weighted by atomic mass is 35.5. The molecule has 0 radical (unpaired) electrons. The Morgan fingerprint density at radius 3 is 2.74 bits per heavy atom. The lowest BCUT2D eigenvalue weighted by Crippen LogP contribution is -2.33. The van der Waals surface area contributed by atoms with E-state index in [0.717, 1.165) is 29.6 Å². The lowest BCUT2D eigenvalue weighted by atomic mass is 9.78. The monoisotopic (exact) mass is 280 g/mol. The lowest BCUT2D eigenvalue weighted by Gasteiger charge is -2.31. The predicted octanol–water partition coefficient (Wildman–Crippen LogP) is 4.43. The molecule has 1 aromatic rings. The molecule has 0 bridgehead atoms. The highest BCUT2D eigenvalue weighted by Crippen LogP contribution is 2.42. The van der Waals surface area contributed by atoms with Crippen LogP contribution in [0.15, 0.2) is 18.5 Å². The molecule has 0 aromatic carbocycles. The number of halogens is 1. The molecule has 1 N–H and O–H groups in total. The Morgan fingerprint density at radius 2 is 2.11 bits per heavy atom. The van der Waals surface area contributed by atoms with Crippen LogP contribution < -0.4 is 5.32 Å². The van der Waals surface area contributed by atoms with Crippen LogP contribution in [0.5, 0.6) is 0 Å². The summed E-state index contributed by atoms with van der Waals surface area (Å²) in [7, 11) is 0. The molecule has 0 aliphatic heterocycles. The second-order valence-electron chi connectivity index (χ2n) is 6.38. The van der Waals surface area contributed by atoms with E-state index in [0.29, 0.717) is 5.41 Å². The Kier molecular flexibility index (Phi) is 5.23. The summed E-state index contributed by atoms with van der Waals surface area (Å²) in [6, 6.07) is 2.00. The molecule has 1 aliphatic rings. The van der Waals surface area contributed by atoms with Crippen LogP contribution in [0.1, 0.15) is 51.5 Å². The first kappa shape index (κ1) is 14.8. The van der Waals surface area contributed by atoms with E-state index in [1.165, 1.54) is 32.1 Å². The summed E-state index contributed by atoms with van der Waals surface area (Å²) in [5, 5.41) is 4.38. The molecule has 2 rings (SSSR count).